The zero-order chi connectivity index (χ0) is 19.8. The number of nitrogens with zero attached hydrogens (tertiary/aromatic N) is 3. The molecule has 166 valence electrons. The summed E-state index contributed by atoms with van der Waals surface area (Å²) in [6, 6.07) is 5.33. The lowest BCUT2D eigenvalue weighted by Crippen LogP contribution is -2.46. The summed E-state index contributed by atoms with van der Waals surface area (Å²) in [7, 11) is 0. The number of halogens is 1. The highest BCUT2D eigenvalue weighted by Crippen LogP contribution is 2.27. The van der Waals surface area contributed by atoms with Gasteiger partial charge >= 0.3 is 0 Å². The van der Waals surface area contributed by atoms with E-state index < -0.39 is 0 Å². The molecule has 3 rings (SSSR count). The number of thiophene rings is 1. The minimum absolute atomic E-state index is 0. The van der Waals surface area contributed by atoms with E-state index in [2.05, 4.69) is 58.7 Å². The Morgan fingerprint density at radius 2 is 2.21 bits per heavy atom. The number of aliphatic imine (C=N–C) groups is 1. The SMILES string of the molecule is CCNC(=NCC(c1cccs1)N1CCOC(C)C1)NCC1CCCN1CC.I. The van der Waals surface area contributed by atoms with Crippen LogP contribution in [-0.2, 0) is 4.74 Å². The smallest absolute Gasteiger partial charge is 0.191 e. The second-order valence-corrected chi connectivity index (χ2v) is 8.71. The first-order valence-electron chi connectivity index (χ1n) is 10.9. The number of rotatable bonds is 8. The van der Waals surface area contributed by atoms with Crippen molar-refractivity contribution in [3.8, 4) is 0 Å². The number of hydrogen-bond acceptors (Lipinski definition) is 5. The third-order valence-corrected chi connectivity index (χ3v) is 6.74. The first-order valence-corrected chi connectivity index (χ1v) is 11.7. The molecular formula is C21H38IN5OS. The Labute approximate surface area is 197 Å². The molecule has 0 aliphatic carbocycles. The van der Waals surface area contributed by atoms with Gasteiger partial charge in [-0.15, -0.1) is 35.3 Å². The summed E-state index contributed by atoms with van der Waals surface area (Å²) in [5.74, 6) is 0.938. The number of ether oxygens (including phenoxy) is 1. The molecule has 0 radical (unpaired) electrons. The van der Waals surface area contributed by atoms with Crippen LogP contribution in [0, 0.1) is 0 Å². The molecule has 2 saturated heterocycles. The second kappa shape index (κ2) is 13.1. The van der Waals surface area contributed by atoms with Crippen molar-refractivity contribution in [3.05, 3.63) is 22.4 Å². The van der Waals surface area contributed by atoms with Gasteiger partial charge in [0.05, 0.1) is 25.3 Å². The fraction of sp³-hybridized carbons (Fsp3) is 0.762. The topological polar surface area (TPSA) is 52.1 Å². The van der Waals surface area contributed by atoms with Gasteiger partial charge in [-0.2, -0.15) is 0 Å². The largest absolute Gasteiger partial charge is 0.376 e. The highest BCUT2D eigenvalue weighted by atomic mass is 127. The third kappa shape index (κ3) is 7.34. The second-order valence-electron chi connectivity index (χ2n) is 7.73. The number of likely N-dealkylation sites (N-methyl/N-ethyl adjacent to an activating group) is 1. The van der Waals surface area contributed by atoms with E-state index in [1.165, 1.54) is 24.3 Å². The Hall–Kier alpha value is -0.420. The molecule has 3 unspecified atom stereocenters. The highest BCUT2D eigenvalue weighted by Gasteiger charge is 2.27. The minimum atomic E-state index is 0. The molecule has 0 amide bonds. The number of nitrogens with one attached hydrogen (secondary N) is 2. The molecule has 3 atom stereocenters. The number of likely N-dealkylation sites (tertiary alicyclic amines) is 1. The maximum Gasteiger partial charge on any atom is 0.191 e. The molecule has 0 bridgehead atoms. The zero-order valence-corrected chi connectivity index (χ0v) is 21.2. The molecular weight excluding hydrogens is 497 g/mol. The molecule has 3 heterocycles. The summed E-state index contributed by atoms with van der Waals surface area (Å²) < 4.78 is 5.75. The molecule has 2 aliphatic rings. The van der Waals surface area contributed by atoms with E-state index in [1.807, 2.05) is 11.3 Å². The molecule has 8 heteroatoms. The van der Waals surface area contributed by atoms with Crippen molar-refractivity contribution in [1.82, 2.24) is 20.4 Å². The quantitative estimate of drug-likeness (QED) is 0.305. The van der Waals surface area contributed by atoms with Crippen molar-refractivity contribution in [2.75, 3.05) is 52.4 Å². The van der Waals surface area contributed by atoms with E-state index in [-0.39, 0.29) is 30.1 Å². The summed E-state index contributed by atoms with van der Waals surface area (Å²) in [5.41, 5.74) is 0. The summed E-state index contributed by atoms with van der Waals surface area (Å²) >= 11 is 1.83. The lowest BCUT2D eigenvalue weighted by molar-refractivity contribution is -0.0327. The average molecular weight is 536 g/mol. The predicted molar refractivity (Wildman–Crippen MR) is 134 cm³/mol. The van der Waals surface area contributed by atoms with Gasteiger partial charge in [0.15, 0.2) is 5.96 Å². The van der Waals surface area contributed by atoms with Crippen molar-refractivity contribution >= 4 is 41.3 Å². The van der Waals surface area contributed by atoms with Crippen LogP contribution in [0.25, 0.3) is 0 Å². The fourth-order valence-electron chi connectivity index (χ4n) is 4.27. The van der Waals surface area contributed by atoms with Gasteiger partial charge in [0.1, 0.15) is 0 Å². The van der Waals surface area contributed by atoms with E-state index in [9.17, 15) is 0 Å². The molecule has 6 nitrogen and oxygen atoms in total. The average Bonchev–Trinajstić information content (AvgIpc) is 3.38. The van der Waals surface area contributed by atoms with Crippen molar-refractivity contribution in [2.45, 2.75) is 51.8 Å². The summed E-state index contributed by atoms with van der Waals surface area (Å²) in [6.07, 6.45) is 2.88. The Bertz CT molecular complexity index is 600. The van der Waals surface area contributed by atoms with E-state index in [0.29, 0.717) is 12.1 Å². The van der Waals surface area contributed by atoms with Gasteiger partial charge in [0.25, 0.3) is 0 Å². The van der Waals surface area contributed by atoms with Gasteiger partial charge in [0, 0.05) is 37.1 Å². The standard InChI is InChI=1S/C21H37N5OS.HI/c1-4-22-21(23-14-18-8-6-10-25(18)5-2)24-15-19(20-9-7-13-28-20)26-11-12-27-17(3)16-26;/h7,9,13,17-19H,4-6,8,10-12,14-16H2,1-3H3,(H2,22,23,24);1H. The Morgan fingerprint density at radius 3 is 2.90 bits per heavy atom. The molecule has 0 spiro atoms. The highest BCUT2D eigenvalue weighted by molar-refractivity contribution is 14.0. The molecule has 0 saturated carbocycles. The molecule has 1 aromatic heterocycles. The van der Waals surface area contributed by atoms with Gasteiger partial charge in [-0.3, -0.25) is 14.8 Å². The van der Waals surface area contributed by atoms with Crippen molar-refractivity contribution in [2.24, 2.45) is 4.99 Å². The van der Waals surface area contributed by atoms with E-state index in [0.717, 1.165) is 51.8 Å². The van der Waals surface area contributed by atoms with Crippen molar-refractivity contribution < 1.29 is 4.74 Å². The number of guanidine groups is 1. The lowest BCUT2D eigenvalue weighted by Gasteiger charge is -2.36. The van der Waals surface area contributed by atoms with Gasteiger partial charge in [-0.1, -0.05) is 13.0 Å². The first-order chi connectivity index (χ1) is 13.7. The van der Waals surface area contributed by atoms with E-state index in [4.69, 9.17) is 9.73 Å². The normalized spacial score (nSPS) is 24.9. The number of morpholine rings is 1. The van der Waals surface area contributed by atoms with Gasteiger partial charge in [-0.25, -0.2) is 0 Å². The summed E-state index contributed by atoms with van der Waals surface area (Å²) in [6.45, 7) is 14.3. The molecule has 2 fully saturated rings. The Morgan fingerprint density at radius 1 is 1.34 bits per heavy atom. The zero-order valence-electron chi connectivity index (χ0n) is 18.1. The van der Waals surface area contributed by atoms with Crippen molar-refractivity contribution in [1.29, 1.82) is 0 Å². The molecule has 29 heavy (non-hydrogen) atoms. The minimum Gasteiger partial charge on any atom is -0.376 e. The maximum absolute atomic E-state index is 5.75. The molecule has 1 aromatic rings. The summed E-state index contributed by atoms with van der Waals surface area (Å²) in [4.78, 5) is 11.5. The lowest BCUT2D eigenvalue weighted by atomic mass is 10.1. The van der Waals surface area contributed by atoms with Gasteiger partial charge in [0.2, 0.25) is 0 Å². The van der Waals surface area contributed by atoms with Crippen LogP contribution in [0.2, 0.25) is 0 Å². The molecule has 0 aromatic carbocycles. The van der Waals surface area contributed by atoms with Crippen LogP contribution in [0.4, 0.5) is 0 Å². The molecule has 2 aliphatic heterocycles. The molecule has 2 N–H and O–H groups in total. The van der Waals surface area contributed by atoms with Crippen LogP contribution >= 0.6 is 35.3 Å². The van der Waals surface area contributed by atoms with Gasteiger partial charge in [-0.05, 0) is 51.2 Å². The summed E-state index contributed by atoms with van der Waals surface area (Å²) in [5, 5.41) is 9.19. The Kier molecular flexibility index (Phi) is 11.2. The van der Waals surface area contributed by atoms with Crippen LogP contribution in [0.1, 0.15) is 44.5 Å². The van der Waals surface area contributed by atoms with Crippen LogP contribution in [0.15, 0.2) is 22.5 Å². The van der Waals surface area contributed by atoms with E-state index in [1.54, 1.807) is 0 Å². The van der Waals surface area contributed by atoms with Crippen LogP contribution < -0.4 is 10.6 Å². The Balaban J connectivity index is 0.00000300. The van der Waals surface area contributed by atoms with Crippen LogP contribution in [0.3, 0.4) is 0 Å². The van der Waals surface area contributed by atoms with Crippen molar-refractivity contribution in [3.63, 3.8) is 0 Å². The monoisotopic (exact) mass is 535 g/mol. The first kappa shape index (κ1) is 24.8. The van der Waals surface area contributed by atoms with E-state index >= 15 is 0 Å². The third-order valence-electron chi connectivity index (χ3n) is 5.76. The maximum atomic E-state index is 5.75. The van der Waals surface area contributed by atoms with Gasteiger partial charge < -0.3 is 15.4 Å². The number of hydrogen-bond donors (Lipinski definition) is 2. The predicted octanol–water partition coefficient (Wildman–Crippen LogP) is 3.17. The fourth-order valence-corrected chi connectivity index (χ4v) is 5.12. The van der Waals surface area contributed by atoms with Crippen LogP contribution in [-0.4, -0.2) is 80.3 Å². The van der Waals surface area contributed by atoms with Crippen LogP contribution in [0.5, 0.6) is 0 Å².